The maximum absolute atomic E-state index is 12.1. The smallest absolute Gasteiger partial charge is 0.320 e. The van der Waals surface area contributed by atoms with Gasteiger partial charge in [0.2, 0.25) is 0 Å². The molecule has 23 heavy (non-hydrogen) atoms. The number of alkyl halides is 2. The normalized spacial score (nSPS) is 32.0. The second-order valence-corrected chi connectivity index (χ2v) is 7.09. The second kappa shape index (κ2) is 10.1. The van der Waals surface area contributed by atoms with Crippen LogP contribution in [0.2, 0.25) is 0 Å². The lowest BCUT2D eigenvalue weighted by Gasteiger charge is -2.26. The van der Waals surface area contributed by atoms with Crippen LogP contribution >= 0.6 is 0 Å². The highest BCUT2D eigenvalue weighted by molar-refractivity contribution is 5.18. The zero-order chi connectivity index (χ0) is 16.5. The molecule has 130 valence electrons. The summed E-state index contributed by atoms with van der Waals surface area (Å²) >= 11 is 0. The highest BCUT2D eigenvalue weighted by Crippen LogP contribution is 2.32. The molecule has 0 spiro atoms. The maximum Gasteiger partial charge on any atom is 0.345 e. The van der Waals surface area contributed by atoms with E-state index in [0.29, 0.717) is 24.7 Å². The molecule has 1 nitrogen and oxygen atoms in total. The molecule has 2 aliphatic carbocycles. The van der Waals surface area contributed by atoms with Gasteiger partial charge in [0.05, 0.1) is 6.10 Å². The van der Waals surface area contributed by atoms with E-state index in [0.717, 1.165) is 18.8 Å². The van der Waals surface area contributed by atoms with Gasteiger partial charge in [-0.05, 0) is 69.3 Å². The Morgan fingerprint density at radius 2 is 1.74 bits per heavy atom. The van der Waals surface area contributed by atoms with E-state index in [4.69, 9.17) is 0 Å². The monoisotopic (exact) mass is 324 g/mol. The van der Waals surface area contributed by atoms with Crippen LogP contribution in [0.5, 0.6) is 0 Å². The maximum atomic E-state index is 12.1. The number of ether oxygens (including phenoxy) is 1. The van der Waals surface area contributed by atoms with Crippen LogP contribution in [-0.4, -0.2) is 12.7 Å². The van der Waals surface area contributed by atoms with E-state index in [2.05, 4.69) is 29.6 Å². The zero-order valence-electron chi connectivity index (χ0n) is 14.3. The lowest BCUT2D eigenvalue weighted by molar-refractivity contribution is -0.170. The van der Waals surface area contributed by atoms with Crippen LogP contribution in [-0.2, 0) is 4.74 Å². The predicted octanol–water partition coefficient (Wildman–Crippen LogP) is 5.95. The minimum absolute atomic E-state index is 0.276. The average Bonchev–Trinajstić information content (AvgIpc) is 2.54. The number of allylic oxidation sites excluding steroid dienone is 2. The van der Waals surface area contributed by atoms with Gasteiger partial charge in [-0.1, -0.05) is 37.7 Å². The van der Waals surface area contributed by atoms with Gasteiger partial charge < -0.3 is 4.74 Å². The second-order valence-electron chi connectivity index (χ2n) is 7.09. The Morgan fingerprint density at radius 1 is 1.04 bits per heavy atom. The number of halogens is 2. The fraction of sp³-hybridized carbons (Fsp3) is 0.800. The molecule has 0 unspecified atom stereocenters. The molecule has 0 N–H and O–H groups in total. The summed E-state index contributed by atoms with van der Waals surface area (Å²) in [6.07, 6.45) is 15.2. The standard InChI is InChI=1S/C20H30F2O/c1-2-5-16-8-10-17(11-9-16)6-3-4-7-18-12-14-19(15-13-18)23-20(21)22/h3,6,16-20H,2,5,8-15H2,1H3/t16-,17-,18-,19-. The third kappa shape index (κ3) is 7.04. The van der Waals surface area contributed by atoms with Crippen molar-refractivity contribution in [3.05, 3.63) is 12.2 Å². The van der Waals surface area contributed by atoms with Gasteiger partial charge in [0.15, 0.2) is 0 Å². The summed E-state index contributed by atoms with van der Waals surface area (Å²) in [6, 6.07) is 0. The molecule has 0 aromatic heterocycles. The van der Waals surface area contributed by atoms with Crippen LogP contribution in [0.3, 0.4) is 0 Å². The number of rotatable bonds is 5. The SMILES string of the molecule is CCC[C@H]1CC[C@H](C=CC#C[C@H]2CC[C@H](OC(F)F)CC2)CC1. The Bertz CT molecular complexity index is 405. The summed E-state index contributed by atoms with van der Waals surface area (Å²) < 4.78 is 28.9. The van der Waals surface area contributed by atoms with Crippen LogP contribution in [0, 0.1) is 29.6 Å². The average molecular weight is 324 g/mol. The first-order valence-corrected chi connectivity index (χ1v) is 9.28. The zero-order valence-corrected chi connectivity index (χ0v) is 14.3. The Kier molecular flexibility index (Phi) is 8.09. The minimum Gasteiger partial charge on any atom is -0.320 e. The van der Waals surface area contributed by atoms with Crippen LogP contribution in [0.15, 0.2) is 12.2 Å². The van der Waals surface area contributed by atoms with Gasteiger partial charge in [-0.3, -0.25) is 0 Å². The Hall–Kier alpha value is -0.880. The fourth-order valence-electron chi connectivity index (χ4n) is 3.92. The Labute approximate surface area is 139 Å². The first kappa shape index (κ1) is 18.5. The molecule has 2 saturated carbocycles. The van der Waals surface area contributed by atoms with Crippen molar-refractivity contribution >= 4 is 0 Å². The molecule has 0 aliphatic heterocycles. The fourth-order valence-corrected chi connectivity index (χ4v) is 3.92. The third-order valence-electron chi connectivity index (χ3n) is 5.30. The molecule has 0 heterocycles. The molecule has 0 atom stereocenters. The summed E-state index contributed by atoms with van der Waals surface area (Å²) in [7, 11) is 0. The van der Waals surface area contributed by atoms with Crippen molar-refractivity contribution in [3.8, 4) is 11.8 Å². The lowest BCUT2D eigenvalue weighted by atomic mass is 9.80. The van der Waals surface area contributed by atoms with Crippen molar-refractivity contribution in [1.29, 1.82) is 0 Å². The molecular formula is C20H30F2O. The first-order valence-electron chi connectivity index (χ1n) is 9.28. The number of hydrogen-bond acceptors (Lipinski definition) is 1. The first-order chi connectivity index (χ1) is 11.2. The third-order valence-corrected chi connectivity index (χ3v) is 5.30. The quantitative estimate of drug-likeness (QED) is 0.568. The van der Waals surface area contributed by atoms with Crippen molar-refractivity contribution in [2.75, 3.05) is 0 Å². The molecule has 0 saturated heterocycles. The highest BCUT2D eigenvalue weighted by atomic mass is 19.3. The van der Waals surface area contributed by atoms with E-state index in [9.17, 15) is 8.78 Å². The predicted molar refractivity (Wildman–Crippen MR) is 90.1 cm³/mol. The van der Waals surface area contributed by atoms with E-state index in [1.807, 2.05) is 6.08 Å². The minimum atomic E-state index is -2.64. The van der Waals surface area contributed by atoms with Gasteiger partial charge in [0.25, 0.3) is 0 Å². The Balaban J connectivity index is 1.64. The summed E-state index contributed by atoms with van der Waals surface area (Å²) in [5, 5.41) is 0. The molecule has 3 heteroatoms. The molecule has 0 bridgehead atoms. The van der Waals surface area contributed by atoms with Crippen LogP contribution in [0.4, 0.5) is 8.78 Å². The van der Waals surface area contributed by atoms with Crippen molar-refractivity contribution in [2.24, 2.45) is 17.8 Å². The van der Waals surface area contributed by atoms with Crippen LogP contribution < -0.4 is 0 Å². The topological polar surface area (TPSA) is 9.23 Å². The largest absolute Gasteiger partial charge is 0.345 e. The lowest BCUT2D eigenvalue weighted by Crippen LogP contribution is -2.23. The van der Waals surface area contributed by atoms with Gasteiger partial charge in [0, 0.05) is 5.92 Å². The van der Waals surface area contributed by atoms with Crippen LogP contribution in [0.25, 0.3) is 0 Å². The van der Waals surface area contributed by atoms with E-state index >= 15 is 0 Å². The van der Waals surface area contributed by atoms with Gasteiger partial charge in [-0.2, -0.15) is 8.78 Å². The van der Waals surface area contributed by atoms with Crippen molar-refractivity contribution in [1.82, 2.24) is 0 Å². The summed E-state index contributed by atoms with van der Waals surface area (Å²) in [5.74, 6) is 8.45. The molecule has 2 fully saturated rings. The van der Waals surface area contributed by atoms with Crippen molar-refractivity contribution < 1.29 is 13.5 Å². The van der Waals surface area contributed by atoms with Gasteiger partial charge in [-0.25, -0.2) is 0 Å². The molecule has 0 aromatic carbocycles. The van der Waals surface area contributed by atoms with Gasteiger partial charge >= 0.3 is 6.61 Å². The summed E-state index contributed by atoms with van der Waals surface area (Å²) in [5.41, 5.74) is 0. The van der Waals surface area contributed by atoms with E-state index in [-0.39, 0.29) is 6.10 Å². The Morgan fingerprint density at radius 3 is 2.35 bits per heavy atom. The molecule has 0 radical (unpaired) electrons. The van der Waals surface area contributed by atoms with E-state index < -0.39 is 6.61 Å². The van der Waals surface area contributed by atoms with Crippen molar-refractivity contribution in [2.45, 2.75) is 83.8 Å². The van der Waals surface area contributed by atoms with Crippen LogP contribution in [0.1, 0.15) is 71.1 Å². The van der Waals surface area contributed by atoms with E-state index in [1.54, 1.807) is 0 Å². The van der Waals surface area contributed by atoms with Gasteiger partial charge in [0.1, 0.15) is 0 Å². The van der Waals surface area contributed by atoms with E-state index in [1.165, 1.54) is 38.5 Å². The molecule has 2 rings (SSSR count). The van der Waals surface area contributed by atoms with Crippen molar-refractivity contribution in [3.63, 3.8) is 0 Å². The molecule has 2 aliphatic rings. The molecule has 0 aromatic rings. The molecule has 0 amide bonds. The number of hydrogen-bond donors (Lipinski definition) is 0. The summed E-state index contributed by atoms with van der Waals surface area (Å²) in [4.78, 5) is 0. The van der Waals surface area contributed by atoms with Gasteiger partial charge in [-0.15, -0.1) is 0 Å². The molecular weight excluding hydrogens is 294 g/mol. The highest BCUT2D eigenvalue weighted by Gasteiger charge is 2.23. The summed E-state index contributed by atoms with van der Waals surface area (Å²) in [6.45, 7) is -0.368.